The van der Waals surface area contributed by atoms with E-state index in [1.807, 2.05) is 11.3 Å². The van der Waals surface area contributed by atoms with E-state index in [0.29, 0.717) is 0 Å². The van der Waals surface area contributed by atoms with Gasteiger partial charge in [0.25, 0.3) is 0 Å². The second-order valence-corrected chi connectivity index (χ2v) is 13.3. The van der Waals surface area contributed by atoms with Gasteiger partial charge in [-0.15, -0.1) is 21.4 Å². The van der Waals surface area contributed by atoms with Gasteiger partial charge in [0, 0.05) is 58.5 Å². The molecule has 6 rings (SSSR count). The lowest BCUT2D eigenvalue weighted by Gasteiger charge is -2.42. The zero-order chi connectivity index (χ0) is 25.2. The third-order valence-electron chi connectivity index (χ3n) is 7.19. The van der Waals surface area contributed by atoms with E-state index in [0.717, 1.165) is 13.1 Å². The van der Waals surface area contributed by atoms with Gasteiger partial charge in [-0.2, -0.15) is 0 Å². The van der Waals surface area contributed by atoms with Crippen molar-refractivity contribution in [2.24, 2.45) is 0 Å². The number of thiophene rings is 1. The van der Waals surface area contributed by atoms with Gasteiger partial charge in [-0.1, -0.05) is 66.7 Å². The van der Waals surface area contributed by atoms with Crippen LogP contribution in [0.25, 0.3) is 20.2 Å². The average molecular weight is 518 g/mol. The molecule has 37 heavy (non-hydrogen) atoms. The van der Waals surface area contributed by atoms with Crippen LogP contribution < -0.4 is 4.90 Å². The molecule has 0 fully saturated rings. The summed E-state index contributed by atoms with van der Waals surface area (Å²) in [6.45, 7) is 6.49. The molecule has 0 unspecified atom stereocenters. The summed E-state index contributed by atoms with van der Waals surface area (Å²) >= 11 is 1.94. The van der Waals surface area contributed by atoms with Crippen LogP contribution in [0.15, 0.2) is 147 Å². The molecule has 6 aromatic rings. The Balaban J connectivity index is 1.73. The summed E-state index contributed by atoms with van der Waals surface area (Å²) in [6, 6.07) is 47.4. The number of anilines is 1. The van der Waals surface area contributed by atoms with Crippen molar-refractivity contribution in [3.8, 4) is 0 Å². The molecule has 0 aliphatic rings. The predicted octanol–water partition coefficient (Wildman–Crippen LogP) is 10.2. The fourth-order valence-corrected chi connectivity index (χ4v) is 11.0. The molecule has 0 spiro atoms. The molecule has 5 aromatic carbocycles. The maximum absolute atomic E-state index is 2.43. The van der Waals surface area contributed by atoms with Crippen LogP contribution >= 0.6 is 21.4 Å². The fraction of sp³-hybridized carbons (Fsp3) is 0.118. The molecular formula is C34H31NS2. The van der Waals surface area contributed by atoms with Crippen LogP contribution in [0.4, 0.5) is 5.69 Å². The highest BCUT2D eigenvalue weighted by atomic mass is 32.3. The van der Waals surface area contributed by atoms with Gasteiger partial charge >= 0.3 is 0 Å². The van der Waals surface area contributed by atoms with Gasteiger partial charge in [0.1, 0.15) is 0 Å². The highest BCUT2D eigenvalue weighted by molar-refractivity contribution is 8.34. The molecule has 0 aliphatic heterocycles. The molecule has 0 saturated carbocycles. The summed E-state index contributed by atoms with van der Waals surface area (Å²) in [5.41, 5.74) is 1.30. The highest BCUT2D eigenvalue weighted by Gasteiger charge is 2.35. The van der Waals surface area contributed by atoms with Gasteiger partial charge in [0.2, 0.25) is 0 Å². The van der Waals surface area contributed by atoms with E-state index in [1.165, 1.54) is 45.4 Å². The first-order chi connectivity index (χ1) is 18.3. The van der Waals surface area contributed by atoms with E-state index >= 15 is 0 Å². The minimum absolute atomic E-state index is 1.01. The van der Waals surface area contributed by atoms with E-state index < -0.39 is 10.0 Å². The second-order valence-electron chi connectivity index (χ2n) is 9.14. The molecule has 0 atom stereocenters. The minimum atomic E-state index is -1.72. The normalized spacial score (nSPS) is 12.2. The van der Waals surface area contributed by atoms with E-state index in [2.05, 4.69) is 146 Å². The largest absolute Gasteiger partial charge is 0.372 e. The molecule has 3 heteroatoms. The average Bonchev–Trinajstić information content (AvgIpc) is 3.35. The van der Waals surface area contributed by atoms with Crippen molar-refractivity contribution >= 4 is 47.2 Å². The third kappa shape index (κ3) is 3.94. The number of fused-ring (bicyclic) bond motifs is 3. The molecule has 0 bridgehead atoms. The van der Waals surface area contributed by atoms with Crippen molar-refractivity contribution in [2.45, 2.75) is 33.4 Å². The Morgan fingerprint density at radius 3 is 1.62 bits per heavy atom. The topological polar surface area (TPSA) is 3.24 Å². The molecule has 1 aromatic heterocycles. The van der Waals surface area contributed by atoms with Crippen molar-refractivity contribution in [3.05, 3.63) is 127 Å². The van der Waals surface area contributed by atoms with Gasteiger partial charge in [-0.05, 0) is 74.5 Å². The Morgan fingerprint density at radius 1 is 0.568 bits per heavy atom. The summed E-state index contributed by atoms with van der Waals surface area (Å²) in [5, 5.41) is 2.71. The Kier molecular flexibility index (Phi) is 6.50. The lowest BCUT2D eigenvalue weighted by atomic mass is 10.1. The van der Waals surface area contributed by atoms with E-state index in [9.17, 15) is 0 Å². The molecule has 184 valence electrons. The quantitative estimate of drug-likeness (QED) is 0.204. The zero-order valence-corrected chi connectivity index (χ0v) is 22.9. The van der Waals surface area contributed by atoms with Gasteiger partial charge in [0.15, 0.2) is 0 Å². The fourth-order valence-electron chi connectivity index (χ4n) is 5.45. The Hall–Kier alpha value is -3.53. The van der Waals surface area contributed by atoms with Gasteiger partial charge < -0.3 is 4.90 Å². The maximum atomic E-state index is 2.43. The molecule has 0 aliphatic carbocycles. The van der Waals surface area contributed by atoms with Crippen LogP contribution in [0.3, 0.4) is 0 Å². The van der Waals surface area contributed by atoms with Crippen LogP contribution in [0.1, 0.15) is 13.8 Å². The smallest absolute Gasteiger partial charge is 0.0485 e. The SMILES string of the molecule is CCN(CC)c1ccc2sc3c(S(c4ccccc4)(c4ccccc4)c4ccccc4)cccc3c2c1. The van der Waals surface area contributed by atoms with Crippen molar-refractivity contribution in [2.75, 3.05) is 18.0 Å². The Morgan fingerprint density at radius 2 is 1.11 bits per heavy atom. The number of benzene rings is 5. The molecule has 1 heterocycles. The number of hydrogen-bond donors (Lipinski definition) is 0. The van der Waals surface area contributed by atoms with E-state index in [4.69, 9.17) is 0 Å². The number of rotatable bonds is 7. The van der Waals surface area contributed by atoms with Gasteiger partial charge in [0.05, 0.1) is 0 Å². The maximum Gasteiger partial charge on any atom is 0.0485 e. The van der Waals surface area contributed by atoms with E-state index in [1.54, 1.807) is 0 Å². The van der Waals surface area contributed by atoms with Crippen molar-refractivity contribution in [1.82, 2.24) is 0 Å². The molecule has 0 N–H and O–H groups in total. The summed E-state index contributed by atoms with van der Waals surface area (Å²) in [6.07, 6.45) is 0. The van der Waals surface area contributed by atoms with Crippen LogP contribution in [-0.4, -0.2) is 13.1 Å². The van der Waals surface area contributed by atoms with Crippen LogP contribution in [0, 0.1) is 0 Å². The summed E-state index contributed by atoms with van der Waals surface area (Å²) < 4.78 is 2.74. The first kappa shape index (κ1) is 23.8. The van der Waals surface area contributed by atoms with Crippen LogP contribution in [-0.2, 0) is 0 Å². The van der Waals surface area contributed by atoms with Crippen molar-refractivity contribution in [3.63, 3.8) is 0 Å². The third-order valence-corrected chi connectivity index (χ3v) is 12.5. The Bertz CT molecular complexity index is 1540. The molecule has 0 radical (unpaired) electrons. The zero-order valence-electron chi connectivity index (χ0n) is 21.3. The van der Waals surface area contributed by atoms with Gasteiger partial charge in [-0.25, -0.2) is 0 Å². The molecule has 1 nitrogen and oxygen atoms in total. The second kappa shape index (κ2) is 10.1. The van der Waals surface area contributed by atoms with Crippen molar-refractivity contribution in [1.29, 1.82) is 0 Å². The first-order valence-corrected chi connectivity index (χ1v) is 15.4. The first-order valence-electron chi connectivity index (χ1n) is 13.0. The number of nitrogens with zero attached hydrogens (tertiary/aromatic N) is 1. The summed E-state index contributed by atoms with van der Waals surface area (Å²) in [7, 11) is -1.72. The minimum Gasteiger partial charge on any atom is -0.372 e. The van der Waals surface area contributed by atoms with Crippen molar-refractivity contribution < 1.29 is 0 Å². The highest BCUT2D eigenvalue weighted by Crippen LogP contribution is 2.75. The monoisotopic (exact) mass is 517 g/mol. The number of hydrogen-bond acceptors (Lipinski definition) is 2. The Labute approximate surface area is 225 Å². The lowest BCUT2D eigenvalue weighted by molar-refractivity contribution is 0.867. The molecule has 0 amide bonds. The predicted molar refractivity (Wildman–Crippen MR) is 163 cm³/mol. The molecular weight excluding hydrogens is 487 g/mol. The van der Waals surface area contributed by atoms with Crippen LogP contribution in [0.5, 0.6) is 0 Å². The summed E-state index contributed by atoms with van der Waals surface area (Å²) in [5.74, 6) is 0. The lowest BCUT2D eigenvalue weighted by Crippen LogP contribution is -2.21. The standard InChI is InChI=1S/C34H31NS2/c1-3-35(4-2)26-23-24-32-31(25-26)30-21-14-22-33(34(30)36-32)37(27-15-8-5-9-16-27,28-17-10-6-11-18-28)29-19-12-7-13-20-29/h5-25H,3-4H2,1-2H3. The molecule has 0 saturated heterocycles. The van der Waals surface area contributed by atoms with Crippen LogP contribution in [0.2, 0.25) is 0 Å². The van der Waals surface area contributed by atoms with Gasteiger partial charge in [-0.3, -0.25) is 0 Å². The van der Waals surface area contributed by atoms with E-state index in [-0.39, 0.29) is 0 Å². The summed E-state index contributed by atoms with van der Waals surface area (Å²) in [4.78, 5) is 7.93.